The first-order chi connectivity index (χ1) is 8.67. The number of rotatable bonds is 8. The second kappa shape index (κ2) is 7.84. The van der Waals surface area contributed by atoms with Gasteiger partial charge in [-0.15, -0.1) is 0 Å². The summed E-state index contributed by atoms with van der Waals surface area (Å²) in [5.74, 6) is -0.785. The van der Waals surface area contributed by atoms with Gasteiger partial charge in [-0.2, -0.15) is 0 Å². The van der Waals surface area contributed by atoms with Crippen molar-refractivity contribution in [3.63, 3.8) is 0 Å². The first kappa shape index (κ1) is 14.7. The molecule has 0 bridgehead atoms. The lowest BCUT2D eigenvalue weighted by atomic mass is 10.1. The second-order valence-electron chi connectivity index (χ2n) is 4.31. The Kier molecular flexibility index (Phi) is 6.39. The second-order valence-corrected chi connectivity index (χ2v) is 4.31. The Hall–Kier alpha value is -1.39. The minimum atomic E-state index is -0.785. The van der Waals surface area contributed by atoms with Crippen molar-refractivity contribution < 1.29 is 14.6 Å². The average Bonchev–Trinajstić information content (AvgIpc) is 2.31. The van der Waals surface area contributed by atoms with Crippen molar-refractivity contribution in [3.05, 3.63) is 35.4 Å². The molecule has 0 saturated heterocycles. The Morgan fingerprint density at radius 1 is 1.33 bits per heavy atom. The fourth-order valence-electron chi connectivity index (χ4n) is 1.97. The van der Waals surface area contributed by atoms with Crippen LogP contribution in [0.4, 0.5) is 0 Å². The average molecular weight is 251 g/mol. The molecule has 18 heavy (non-hydrogen) atoms. The molecule has 1 rings (SSSR count). The SMILES string of the molecule is CCCN(CC(=O)O)Cc1ccccc1COC. The minimum absolute atomic E-state index is 0.0785. The molecule has 0 radical (unpaired) electrons. The Bertz CT molecular complexity index is 379. The van der Waals surface area contributed by atoms with E-state index < -0.39 is 5.97 Å². The maximum Gasteiger partial charge on any atom is 0.317 e. The molecule has 0 atom stereocenters. The molecule has 0 aliphatic heterocycles. The van der Waals surface area contributed by atoms with Crippen LogP contribution in [-0.2, 0) is 22.7 Å². The van der Waals surface area contributed by atoms with Gasteiger partial charge in [0.15, 0.2) is 0 Å². The number of hydrogen-bond donors (Lipinski definition) is 1. The Morgan fingerprint density at radius 2 is 2.00 bits per heavy atom. The van der Waals surface area contributed by atoms with Gasteiger partial charge in [-0.25, -0.2) is 0 Å². The van der Waals surface area contributed by atoms with Crippen LogP contribution < -0.4 is 0 Å². The molecule has 0 saturated carbocycles. The summed E-state index contributed by atoms with van der Waals surface area (Å²) in [7, 11) is 1.66. The fraction of sp³-hybridized carbons (Fsp3) is 0.500. The summed E-state index contributed by atoms with van der Waals surface area (Å²) in [6.45, 7) is 4.13. The van der Waals surface area contributed by atoms with Crippen LogP contribution in [0.2, 0.25) is 0 Å². The van der Waals surface area contributed by atoms with Gasteiger partial charge in [0, 0.05) is 13.7 Å². The van der Waals surface area contributed by atoms with Gasteiger partial charge in [-0.05, 0) is 24.1 Å². The van der Waals surface area contributed by atoms with E-state index in [-0.39, 0.29) is 6.54 Å². The van der Waals surface area contributed by atoms with Gasteiger partial charge in [-0.3, -0.25) is 9.69 Å². The predicted molar refractivity (Wildman–Crippen MR) is 70.4 cm³/mol. The van der Waals surface area contributed by atoms with Gasteiger partial charge in [0.05, 0.1) is 13.2 Å². The van der Waals surface area contributed by atoms with Gasteiger partial charge in [0.2, 0.25) is 0 Å². The third-order valence-electron chi connectivity index (χ3n) is 2.71. The lowest BCUT2D eigenvalue weighted by molar-refractivity contribution is -0.138. The standard InChI is InChI=1S/C14H21NO3/c1-3-8-15(10-14(16)17)9-12-6-4-5-7-13(12)11-18-2/h4-7H,3,8-11H2,1-2H3,(H,16,17). The zero-order valence-electron chi connectivity index (χ0n) is 11.1. The van der Waals surface area contributed by atoms with Crippen molar-refractivity contribution in [2.24, 2.45) is 0 Å². The molecular formula is C14H21NO3. The topological polar surface area (TPSA) is 49.8 Å². The first-order valence-corrected chi connectivity index (χ1v) is 6.17. The summed E-state index contributed by atoms with van der Waals surface area (Å²) in [5.41, 5.74) is 2.25. The van der Waals surface area contributed by atoms with Crippen molar-refractivity contribution in [1.29, 1.82) is 0 Å². The number of ether oxygens (including phenoxy) is 1. The van der Waals surface area contributed by atoms with Crippen LogP contribution in [-0.4, -0.2) is 36.2 Å². The molecule has 1 N–H and O–H groups in total. The van der Waals surface area contributed by atoms with Crippen molar-refractivity contribution >= 4 is 5.97 Å². The van der Waals surface area contributed by atoms with E-state index in [1.807, 2.05) is 29.2 Å². The molecular weight excluding hydrogens is 230 g/mol. The summed E-state index contributed by atoms with van der Waals surface area (Å²) in [6, 6.07) is 7.99. The van der Waals surface area contributed by atoms with E-state index in [0.29, 0.717) is 13.2 Å². The van der Waals surface area contributed by atoms with Crippen molar-refractivity contribution in [2.75, 3.05) is 20.2 Å². The zero-order valence-corrected chi connectivity index (χ0v) is 11.1. The Balaban J connectivity index is 2.75. The maximum atomic E-state index is 10.8. The van der Waals surface area contributed by atoms with Crippen LogP contribution in [0.1, 0.15) is 24.5 Å². The maximum absolute atomic E-state index is 10.8. The van der Waals surface area contributed by atoms with E-state index in [0.717, 1.165) is 24.1 Å². The van der Waals surface area contributed by atoms with Gasteiger partial charge in [-0.1, -0.05) is 31.2 Å². The number of aliphatic carboxylic acids is 1. The summed E-state index contributed by atoms with van der Waals surface area (Å²) in [6.07, 6.45) is 0.944. The molecule has 0 heterocycles. The van der Waals surface area contributed by atoms with E-state index in [1.165, 1.54) is 0 Å². The quantitative estimate of drug-likeness (QED) is 0.769. The van der Waals surface area contributed by atoms with E-state index in [9.17, 15) is 4.79 Å². The minimum Gasteiger partial charge on any atom is -0.480 e. The molecule has 0 spiro atoms. The van der Waals surface area contributed by atoms with Crippen LogP contribution in [0.25, 0.3) is 0 Å². The zero-order chi connectivity index (χ0) is 13.4. The predicted octanol–water partition coefficient (Wildman–Crippen LogP) is 2.13. The highest BCUT2D eigenvalue weighted by Crippen LogP contribution is 2.13. The summed E-state index contributed by atoms with van der Waals surface area (Å²) < 4.78 is 5.16. The van der Waals surface area contributed by atoms with Crippen LogP contribution in [0.3, 0.4) is 0 Å². The highest BCUT2D eigenvalue weighted by atomic mass is 16.5. The van der Waals surface area contributed by atoms with E-state index in [2.05, 4.69) is 6.92 Å². The van der Waals surface area contributed by atoms with Crippen molar-refractivity contribution in [2.45, 2.75) is 26.5 Å². The normalized spacial score (nSPS) is 10.8. The molecule has 100 valence electrons. The Morgan fingerprint density at radius 3 is 2.56 bits per heavy atom. The number of carbonyl (C=O) groups is 1. The first-order valence-electron chi connectivity index (χ1n) is 6.17. The van der Waals surface area contributed by atoms with E-state index in [4.69, 9.17) is 9.84 Å². The van der Waals surface area contributed by atoms with Gasteiger partial charge in [0.25, 0.3) is 0 Å². The molecule has 4 heteroatoms. The van der Waals surface area contributed by atoms with E-state index in [1.54, 1.807) is 7.11 Å². The molecule has 0 unspecified atom stereocenters. The number of carboxylic acid groups (broad SMARTS) is 1. The highest BCUT2D eigenvalue weighted by Gasteiger charge is 2.11. The third-order valence-corrected chi connectivity index (χ3v) is 2.71. The van der Waals surface area contributed by atoms with Crippen LogP contribution in [0, 0.1) is 0 Å². The van der Waals surface area contributed by atoms with Gasteiger partial charge < -0.3 is 9.84 Å². The number of carboxylic acids is 1. The van der Waals surface area contributed by atoms with Crippen molar-refractivity contribution in [1.82, 2.24) is 4.90 Å². The fourth-order valence-corrected chi connectivity index (χ4v) is 1.97. The number of nitrogens with zero attached hydrogens (tertiary/aromatic N) is 1. The highest BCUT2D eigenvalue weighted by molar-refractivity contribution is 5.69. The number of hydrogen-bond acceptors (Lipinski definition) is 3. The molecule has 4 nitrogen and oxygen atoms in total. The smallest absolute Gasteiger partial charge is 0.317 e. The summed E-state index contributed by atoms with van der Waals surface area (Å²) in [5, 5.41) is 8.89. The Labute approximate surface area is 108 Å². The van der Waals surface area contributed by atoms with E-state index >= 15 is 0 Å². The number of methoxy groups -OCH3 is 1. The lowest BCUT2D eigenvalue weighted by Crippen LogP contribution is -2.30. The lowest BCUT2D eigenvalue weighted by Gasteiger charge is -2.21. The van der Waals surface area contributed by atoms with Crippen LogP contribution in [0.5, 0.6) is 0 Å². The van der Waals surface area contributed by atoms with Gasteiger partial charge in [0.1, 0.15) is 0 Å². The van der Waals surface area contributed by atoms with Gasteiger partial charge >= 0.3 is 5.97 Å². The third kappa shape index (κ3) is 4.85. The molecule has 0 amide bonds. The largest absolute Gasteiger partial charge is 0.480 e. The molecule has 1 aromatic carbocycles. The molecule has 0 aliphatic rings. The monoisotopic (exact) mass is 251 g/mol. The molecule has 1 aromatic rings. The molecule has 0 fully saturated rings. The van der Waals surface area contributed by atoms with Crippen LogP contribution >= 0.6 is 0 Å². The van der Waals surface area contributed by atoms with Crippen LogP contribution in [0.15, 0.2) is 24.3 Å². The summed E-state index contributed by atoms with van der Waals surface area (Å²) in [4.78, 5) is 12.8. The van der Waals surface area contributed by atoms with Crippen molar-refractivity contribution in [3.8, 4) is 0 Å². The summed E-state index contributed by atoms with van der Waals surface area (Å²) >= 11 is 0. The molecule has 0 aliphatic carbocycles. The number of benzene rings is 1. The molecule has 0 aromatic heterocycles.